The van der Waals surface area contributed by atoms with E-state index in [9.17, 15) is 4.79 Å². The van der Waals surface area contributed by atoms with Crippen LogP contribution in [0, 0.1) is 3.57 Å². The van der Waals surface area contributed by atoms with Gasteiger partial charge in [-0.05, 0) is 35.6 Å². The van der Waals surface area contributed by atoms with Crippen LogP contribution in [0.4, 0.5) is 4.79 Å². The van der Waals surface area contributed by atoms with Crippen molar-refractivity contribution in [3.63, 3.8) is 0 Å². The summed E-state index contributed by atoms with van der Waals surface area (Å²) in [5, 5.41) is 0. The van der Waals surface area contributed by atoms with Crippen LogP contribution in [0.1, 0.15) is 18.6 Å². The lowest BCUT2D eigenvalue weighted by molar-refractivity contribution is -0.107. The summed E-state index contributed by atoms with van der Waals surface area (Å²) in [5.74, 6) is 0. The van der Waals surface area contributed by atoms with Gasteiger partial charge in [0.25, 0.3) is 0 Å². The van der Waals surface area contributed by atoms with Gasteiger partial charge in [0.2, 0.25) is 0 Å². The molecule has 0 aliphatic carbocycles. The van der Waals surface area contributed by atoms with Crippen molar-refractivity contribution in [2.24, 2.45) is 5.73 Å². The smallest absolute Gasteiger partial charge is 0.405 e. The number of carbonyl (C=O) groups is 1. The number of carbonyl (C=O) groups excluding carboxylic acids is 1. The second-order valence-corrected chi connectivity index (χ2v) is 4.82. The number of amides is 1. The summed E-state index contributed by atoms with van der Waals surface area (Å²) in [4.78, 5) is 11.0. The molecule has 0 saturated carbocycles. The molecule has 0 saturated heterocycles. The van der Waals surface area contributed by atoms with Gasteiger partial charge in [0, 0.05) is 16.2 Å². The second-order valence-electron chi connectivity index (χ2n) is 3.66. The molecular formula is C12H16INO4. The highest BCUT2D eigenvalue weighted by atomic mass is 127. The normalized spacial score (nSPS) is 13.9. The number of methoxy groups -OCH3 is 1. The molecule has 1 unspecified atom stereocenters. The predicted molar refractivity (Wildman–Crippen MR) is 75.0 cm³/mol. The number of rotatable bonds is 6. The van der Waals surface area contributed by atoms with Crippen molar-refractivity contribution < 1.29 is 19.0 Å². The number of primary amides is 1. The quantitative estimate of drug-likeness (QED) is 0.621. The zero-order chi connectivity index (χ0) is 13.5. The van der Waals surface area contributed by atoms with E-state index in [1.807, 2.05) is 24.3 Å². The Labute approximate surface area is 120 Å². The average molecular weight is 365 g/mol. The maximum atomic E-state index is 11.0. The minimum atomic E-state index is -0.826. The number of hydrogen-bond acceptors (Lipinski definition) is 4. The fraction of sp³-hybridized carbons (Fsp3) is 0.417. The zero-order valence-electron chi connectivity index (χ0n) is 10.3. The zero-order valence-corrected chi connectivity index (χ0v) is 12.4. The van der Waals surface area contributed by atoms with Crippen molar-refractivity contribution >= 4 is 28.7 Å². The molecule has 5 nitrogen and oxygen atoms in total. The molecule has 0 radical (unpaired) electrons. The van der Waals surface area contributed by atoms with Gasteiger partial charge in [0.05, 0.1) is 6.10 Å². The Bertz CT molecular complexity index is 399. The van der Waals surface area contributed by atoms with Crippen molar-refractivity contribution in [1.29, 1.82) is 0 Å². The Morgan fingerprint density at radius 2 is 2.11 bits per heavy atom. The molecule has 0 aromatic heterocycles. The molecule has 1 aromatic carbocycles. The fourth-order valence-corrected chi connectivity index (χ4v) is 2.20. The molecule has 0 aliphatic rings. The van der Waals surface area contributed by atoms with Gasteiger partial charge in [-0.2, -0.15) is 0 Å². The third-order valence-corrected chi connectivity index (χ3v) is 3.31. The number of ether oxygens (including phenoxy) is 3. The standard InChI is InChI=1S/C12H16INO4/c1-8(17-7-16-2)11(18-12(14)15)9-5-3-4-6-10(9)13/h3-6,8,11H,7H2,1-2H3,(H2,14,15)/t8-,11?/m0/s1. The topological polar surface area (TPSA) is 70.8 Å². The molecule has 1 rings (SSSR count). The van der Waals surface area contributed by atoms with Gasteiger partial charge in [-0.25, -0.2) is 4.79 Å². The van der Waals surface area contributed by atoms with Gasteiger partial charge in [-0.1, -0.05) is 18.2 Å². The highest BCUT2D eigenvalue weighted by Crippen LogP contribution is 2.27. The van der Waals surface area contributed by atoms with Crippen LogP contribution >= 0.6 is 22.6 Å². The van der Waals surface area contributed by atoms with E-state index < -0.39 is 12.2 Å². The highest BCUT2D eigenvalue weighted by molar-refractivity contribution is 14.1. The Hall–Kier alpha value is -0.860. The van der Waals surface area contributed by atoms with Gasteiger partial charge in [-0.3, -0.25) is 0 Å². The van der Waals surface area contributed by atoms with Gasteiger partial charge in [0.1, 0.15) is 6.79 Å². The molecule has 0 spiro atoms. The molecule has 0 fully saturated rings. The summed E-state index contributed by atoms with van der Waals surface area (Å²) in [7, 11) is 1.53. The fourth-order valence-electron chi connectivity index (χ4n) is 1.51. The Balaban J connectivity index is 2.90. The number of benzene rings is 1. The first-order valence-electron chi connectivity index (χ1n) is 5.37. The second kappa shape index (κ2) is 7.55. The molecule has 2 N–H and O–H groups in total. The minimum absolute atomic E-state index is 0.128. The van der Waals surface area contributed by atoms with Crippen LogP contribution in [0.15, 0.2) is 24.3 Å². The molecule has 1 aromatic rings. The molecule has 100 valence electrons. The van der Waals surface area contributed by atoms with E-state index in [-0.39, 0.29) is 12.9 Å². The molecular weight excluding hydrogens is 349 g/mol. The maximum absolute atomic E-state index is 11.0. The van der Waals surface area contributed by atoms with Crippen molar-refractivity contribution in [2.75, 3.05) is 13.9 Å². The van der Waals surface area contributed by atoms with Gasteiger partial charge < -0.3 is 19.9 Å². The SMILES string of the molecule is COCO[C@@H](C)C(OC(N)=O)c1ccccc1I. The molecule has 0 bridgehead atoms. The van der Waals surface area contributed by atoms with E-state index in [1.54, 1.807) is 6.92 Å². The van der Waals surface area contributed by atoms with E-state index in [0.717, 1.165) is 9.13 Å². The first-order chi connectivity index (χ1) is 8.56. The van der Waals surface area contributed by atoms with Crippen LogP contribution in [0.5, 0.6) is 0 Å². The Morgan fingerprint density at radius 3 is 2.67 bits per heavy atom. The summed E-state index contributed by atoms with van der Waals surface area (Å²) in [6.07, 6.45) is -1.73. The molecule has 0 heterocycles. The summed E-state index contributed by atoms with van der Waals surface area (Å²) in [5.41, 5.74) is 5.96. The first-order valence-corrected chi connectivity index (χ1v) is 6.45. The molecule has 6 heteroatoms. The Morgan fingerprint density at radius 1 is 1.44 bits per heavy atom. The summed E-state index contributed by atoms with van der Waals surface area (Å²) < 4.78 is 16.4. The van der Waals surface area contributed by atoms with Crippen LogP contribution in [0.25, 0.3) is 0 Å². The van der Waals surface area contributed by atoms with Crippen molar-refractivity contribution in [3.8, 4) is 0 Å². The third kappa shape index (κ3) is 4.43. The lowest BCUT2D eigenvalue weighted by Gasteiger charge is -2.24. The highest BCUT2D eigenvalue weighted by Gasteiger charge is 2.25. The van der Waals surface area contributed by atoms with Crippen LogP contribution in [-0.2, 0) is 14.2 Å². The number of halogens is 1. The number of nitrogens with two attached hydrogens (primary N) is 1. The lowest BCUT2D eigenvalue weighted by Crippen LogP contribution is -2.28. The predicted octanol–water partition coefficient (Wildman–Crippen LogP) is 2.44. The summed E-state index contributed by atoms with van der Waals surface area (Å²) >= 11 is 2.17. The van der Waals surface area contributed by atoms with Gasteiger partial charge >= 0.3 is 6.09 Å². The van der Waals surface area contributed by atoms with Crippen molar-refractivity contribution in [1.82, 2.24) is 0 Å². The van der Waals surface area contributed by atoms with Crippen molar-refractivity contribution in [3.05, 3.63) is 33.4 Å². The summed E-state index contributed by atoms with van der Waals surface area (Å²) in [6, 6.07) is 7.59. The monoisotopic (exact) mass is 365 g/mol. The first kappa shape index (κ1) is 15.2. The maximum Gasteiger partial charge on any atom is 0.405 e. The largest absolute Gasteiger partial charge is 0.439 e. The van der Waals surface area contributed by atoms with Crippen LogP contribution in [0.3, 0.4) is 0 Å². The number of hydrogen-bond donors (Lipinski definition) is 1. The van der Waals surface area contributed by atoms with E-state index >= 15 is 0 Å². The van der Waals surface area contributed by atoms with Crippen LogP contribution < -0.4 is 5.73 Å². The van der Waals surface area contributed by atoms with Gasteiger partial charge in [0.15, 0.2) is 6.10 Å². The van der Waals surface area contributed by atoms with E-state index in [0.29, 0.717) is 0 Å². The lowest BCUT2D eigenvalue weighted by atomic mass is 10.1. The van der Waals surface area contributed by atoms with E-state index in [1.165, 1.54) is 7.11 Å². The minimum Gasteiger partial charge on any atom is -0.439 e. The Kier molecular flexibility index (Phi) is 6.37. The molecule has 18 heavy (non-hydrogen) atoms. The van der Waals surface area contributed by atoms with E-state index in [2.05, 4.69) is 22.6 Å². The summed E-state index contributed by atoms with van der Waals surface area (Å²) in [6.45, 7) is 1.93. The average Bonchev–Trinajstić information content (AvgIpc) is 2.34. The van der Waals surface area contributed by atoms with E-state index in [4.69, 9.17) is 19.9 Å². The third-order valence-electron chi connectivity index (χ3n) is 2.33. The van der Waals surface area contributed by atoms with Gasteiger partial charge in [-0.15, -0.1) is 0 Å². The molecule has 0 aliphatic heterocycles. The molecule has 2 atom stereocenters. The molecule has 1 amide bonds. The van der Waals surface area contributed by atoms with Crippen LogP contribution in [0.2, 0.25) is 0 Å². The van der Waals surface area contributed by atoms with Crippen LogP contribution in [-0.4, -0.2) is 26.1 Å². The van der Waals surface area contributed by atoms with Crippen molar-refractivity contribution in [2.45, 2.75) is 19.1 Å².